The molecule has 0 aliphatic carbocycles. The van der Waals surface area contributed by atoms with E-state index < -0.39 is 0 Å². The van der Waals surface area contributed by atoms with Crippen molar-refractivity contribution in [3.05, 3.63) is 82.4 Å². The minimum absolute atomic E-state index is 0.0137. The maximum absolute atomic E-state index is 9.45. The van der Waals surface area contributed by atoms with Gasteiger partial charge in [0.05, 0.1) is 17.8 Å². The van der Waals surface area contributed by atoms with Gasteiger partial charge in [-0.2, -0.15) is 0 Å². The molecule has 0 spiro atoms. The van der Waals surface area contributed by atoms with E-state index >= 15 is 0 Å². The molecule has 2 atom stereocenters. The quantitative estimate of drug-likeness (QED) is 0.561. The summed E-state index contributed by atoms with van der Waals surface area (Å²) in [5.74, 6) is 0. The molecule has 1 aliphatic heterocycles. The zero-order chi connectivity index (χ0) is 22.1. The normalized spacial score (nSPS) is 18.5. The Morgan fingerprint density at radius 1 is 1.06 bits per heavy atom. The molecule has 0 radical (unpaired) electrons. The second-order valence-corrected chi connectivity index (χ2v) is 8.79. The summed E-state index contributed by atoms with van der Waals surface area (Å²) < 4.78 is 2.33. The fourth-order valence-corrected chi connectivity index (χ4v) is 5.12. The molecule has 1 aromatic carbocycles. The summed E-state index contributed by atoms with van der Waals surface area (Å²) in [5.41, 5.74) is 8.29. The summed E-state index contributed by atoms with van der Waals surface area (Å²) in [7, 11) is 0. The zero-order valence-electron chi connectivity index (χ0n) is 18.6. The third kappa shape index (κ3) is 4.10. The lowest BCUT2D eigenvalue weighted by molar-refractivity contribution is 0.247. The highest BCUT2D eigenvalue weighted by molar-refractivity contribution is 7.80. The number of hydrogen-bond acceptors (Lipinski definition) is 3. The third-order valence-corrected chi connectivity index (χ3v) is 6.36. The second-order valence-electron chi connectivity index (χ2n) is 8.40. The van der Waals surface area contributed by atoms with Crippen LogP contribution < -0.4 is 5.32 Å². The number of aromatic nitrogens is 2. The minimum atomic E-state index is -0.0411. The van der Waals surface area contributed by atoms with Gasteiger partial charge in [0.15, 0.2) is 5.11 Å². The van der Waals surface area contributed by atoms with Gasteiger partial charge in [0.2, 0.25) is 0 Å². The molecule has 1 aliphatic rings. The van der Waals surface area contributed by atoms with Crippen molar-refractivity contribution in [2.45, 2.75) is 46.2 Å². The lowest BCUT2D eigenvalue weighted by Crippen LogP contribution is -2.31. The fraction of sp³-hybridized carbons (Fsp3) is 0.360. The number of pyridine rings is 1. The van der Waals surface area contributed by atoms with Gasteiger partial charge in [-0.25, -0.2) is 0 Å². The third-order valence-electron chi connectivity index (χ3n) is 6.01. The maximum atomic E-state index is 9.45. The van der Waals surface area contributed by atoms with Gasteiger partial charge in [0.25, 0.3) is 0 Å². The average Bonchev–Trinajstić information content (AvgIpc) is 3.21. The summed E-state index contributed by atoms with van der Waals surface area (Å²) in [5, 5.41) is 13.7. The summed E-state index contributed by atoms with van der Waals surface area (Å²) in [6, 6.07) is 14.9. The number of benzene rings is 1. The predicted octanol–water partition coefficient (Wildman–Crippen LogP) is 4.46. The maximum Gasteiger partial charge on any atom is 0.170 e. The Morgan fingerprint density at radius 2 is 1.81 bits per heavy atom. The average molecular weight is 435 g/mol. The Balaban J connectivity index is 1.83. The smallest absolute Gasteiger partial charge is 0.170 e. The second kappa shape index (κ2) is 8.81. The Hall–Kier alpha value is -2.70. The van der Waals surface area contributed by atoms with Crippen molar-refractivity contribution in [1.82, 2.24) is 19.8 Å². The number of aliphatic hydroxyl groups excluding tert-OH is 1. The van der Waals surface area contributed by atoms with Gasteiger partial charge in [-0.3, -0.25) is 4.98 Å². The molecule has 1 fully saturated rings. The van der Waals surface area contributed by atoms with E-state index in [1.165, 1.54) is 33.8 Å². The largest absolute Gasteiger partial charge is 0.396 e. The minimum Gasteiger partial charge on any atom is -0.396 e. The molecule has 5 nitrogen and oxygen atoms in total. The highest BCUT2D eigenvalue weighted by Crippen LogP contribution is 2.41. The number of aliphatic hydroxyl groups is 1. The first-order valence-electron chi connectivity index (χ1n) is 10.8. The summed E-state index contributed by atoms with van der Waals surface area (Å²) in [4.78, 5) is 6.83. The van der Waals surface area contributed by atoms with Crippen LogP contribution in [0.25, 0.3) is 5.69 Å². The highest BCUT2D eigenvalue weighted by atomic mass is 32.1. The van der Waals surface area contributed by atoms with Gasteiger partial charge < -0.3 is 19.9 Å². The Kier molecular flexibility index (Phi) is 6.12. The number of rotatable bonds is 6. The van der Waals surface area contributed by atoms with Crippen molar-refractivity contribution in [2.75, 3.05) is 13.2 Å². The van der Waals surface area contributed by atoms with Crippen LogP contribution in [-0.2, 0) is 0 Å². The van der Waals surface area contributed by atoms with Gasteiger partial charge in [-0.15, -0.1) is 0 Å². The number of thiocarbonyl (C=S) groups is 1. The fourth-order valence-electron chi connectivity index (χ4n) is 4.79. The molecule has 4 rings (SSSR count). The first kappa shape index (κ1) is 21.5. The summed E-state index contributed by atoms with van der Waals surface area (Å²) in [6.45, 7) is 9.45. The van der Waals surface area contributed by atoms with Crippen LogP contribution in [0.1, 0.15) is 52.3 Å². The summed E-state index contributed by atoms with van der Waals surface area (Å²) in [6.07, 6.45) is 2.50. The van der Waals surface area contributed by atoms with Crippen LogP contribution in [0.5, 0.6) is 0 Å². The van der Waals surface area contributed by atoms with Gasteiger partial charge >= 0.3 is 0 Å². The molecule has 2 unspecified atom stereocenters. The first-order valence-corrected chi connectivity index (χ1v) is 11.2. The number of nitrogens with zero attached hydrogens (tertiary/aromatic N) is 3. The van der Waals surface area contributed by atoms with Crippen molar-refractivity contribution < 1.29 is 5.11 Å². The van der Waals surface area contributed by atoms with Crippen LogP contribution in [0.15, 0.2) is 48.7 Å². The molecule has 0 amide bonds. The van der Waals surface area contributed by atoms with E-state index in [4.69, 9.17) is 12.2 Å². The monoisotopic (exact) mass is 434 g/mol. The SMILES string of the molecule is Cc1cc(C)cc(-n2c(C)cc(C3C(c4ccccn4)NC(=S)N3CCCO)c2C)c1. The standard InChI is InChI=1S/C25H30N4OS/c1-16-12-17(2)14-20(13-16)29-18(3)15-21(19(29)4)24-23(22-8-5-6-9-26-22)27-25(31)28(24)10-7-11-30/h5-6,8-9,12-15,23-24,30H,7,10-11H2,1-4H3,(H,27,31). The van der Waals surface area contributed by atoms with E-state index in [0.717, 1.165) is 5.69 Å². The van der Waals surface area contributed by atoms with Gasteiger partial charge in [0, 0.05) is 36.4 Å². The molecule has 0 saturated carbocycles. The van der Waals surface area contributed by atoms with Crippen LogP contribution >= 0.6 is 12.2 Å². The number of hydrogen-bond donors (Lipinski definition) is 2. The van der Waals surface area contributed by atoms with E-state index in [0.29, 0.717) is 18.1 Å². The van der Waals surface area contributed by atoms with Crippen molar-refractivity contribution in [2.24, 2.45) is 0 Å². The molecule has 3 heterocycles. The zero-order valence-corrected chi connectivity index (χ0v) is 19.4. The number of aryl methyl sites for hydroxylation is 3. The lowest BCUT2D eigenvalue weighted by Gasteiger charge is -2.28. The van der Waals surface area contributed by atoms with Crippen LogP contribution in [0.3, 0.4) is 0 Å². The topological polar surface area (TPSA) is 53.3 Å². The van der Waals surface area contributed by atoms with Crippen LogP contribution in [-0.4, -0.2) is 37.8 Å². The van der Waals surface area contributed by atoms with E-state index in [9.17, 15) is 5.11 Å². The molecule has 3 aromatic rings. The lowest BCUT2D eigenvalue weighted by atomic mass is 9.96. The van der Waals surface area contributed by atoms with Gasteiger partial charge in [-0.1, -0.05) is 12.1 Å². The van der Waals surface area contributed by atoms with Crippen molar-refractivity contribution in [3.8, 4) is 5.69 Å². The van der Waals surface area contributed by atoms with Gasteiger partial charge in [0.1, 0.15) is 0 Å². The molecular weight excluding hydrogens is 404 g/mol. The van der Waals surface area contributed by atoms with Crippen molar-refractivity contribution >= 4 is 17.3 Å². The van der Waals surface area contributed by atoms with E-state index in [2.05, 4.69) is 71.7 Å². The van der Waals surface area contributed by atoms with E-state index in [1.54, 1.807) is 0 Å². The molecule has 2 N–H and O–H groups in total. The molecule has 162 valence electrons. The molecule has 0 bridgehead atoms. The Bertz CT molecular complexity index is 1070. The van der Waals surface area contributed by atoms with Crippen LogP contribution in [0, 0.1) is 27.7 Å². The molecular formula is C25H30N4OS. The highest BCUT2D eigenvalue weighted by Gasteiger charge is 2.41. The van der Waals surface area contributed by atoms with Crippen molar-refractivity contribution in [1.29, 1.82) is 0 Å². The van der Waals surface area contributed by atoms with E-state index in [1.807, 2.05) is 24.4 Å². The Labute approximate surface area is 189 Å². The first-order chi connectivity index (χ1) is 14.9. The van der Waals surface area contributed by atoms with Crippen molar-refractivity contribution in [3.63, 3.8) is 0 Å². The Morgan fingerprint density at radius 3 is 2.45 bits per heavy atom. The number of nitrogens with one attached hydrogen (secondary N) is 1. The summed E-state index contributed by atoms with van der Waals surface area (Å²) >= 11 is 5.72. The predicted molar refractivity (Wildman–Crippen MR) is 129 cm³/mol. The molecule has 6 heteroatoms. The molecule has 1 saturated heterocycles. The van der Waals surface area contributed by atoms with Gasteiger partial charge in [-0.05, 0) is 93.4 Å². The molecule has 2 aromatic heterocycles. The van der Waals surface area contributed by atoms with E-state index in [-0.39, 0.29) is 18.7 Å². The van der Waals surface area contributed by atoms with Crippen LogP contribution in [0.2, 0.25) is 0 Å². The van der Waals surface area contributed by atoms with Crippen LogP contribution in [0.4, 0.5) is 0 Å². The molecule has 31 heavy (non-hydrogen) atoms.